The number of rotatable bonds is 8. The number of esters is 1. The van der Waals surface area contributed by atoms with Crippen molar-refractivity contribution in [3.8, 4) is 17.2 Å². The molecule has 3 aromatic rings. The lowest BCUT2D eigenvalue weighted by Gasteiger charge is -2.24. The van der Waals surface area contributed by atoms with Crippen LogP contribution in [0, 0.1) is 0 Å². The van der Waals surface area contributed by atoms with Crippen molar-refractivity contribution in [1.82, 2.24) is 4.57 Å². The molecule has 2 heterocycles. The van der Waals surface area contributed by atoms with Crippen molar-refractivity contribution in [1.29, 1.82) is 0 Å². The zero-order chi connectivity index (χ0) is 25.8. The first kappa shape index (κ1) is 25.2. The number of nitrogens with zero attached hydrogens (tertiary/aromatic N) is 2. The van der Waals surface area contributed by atoms with Crippen molar-refractivity contribution in [3.63, 3.8) is 0 Å². The van der Waals surface area contributed by atoms with E-state index in [1.807, 2.05) is 38.1 Å². The summed E-state index contributed by atoms with van der Waals surface area (Å²) in [6.07, 6.45) is 1.73. The molecule has 0 spiro atoms. The molecular formula is C27H28N2O6S. The minimum Gasteiger partial charge on any atom is -0.504 e. The maximum absolute atomic E-state index is 13.7. The van der Waals surface area contributed by atoms with Crippen LogP contribution in [0.1, 0.15) is 44.9 Å². The van der Waals surface area contributed by atoms with E-state index < -0.39 is 12.0 Å². The van der Waals surface area contributed by atoms with Gasteiger partial charge in [-0.15, -0.1) is 0 Å². The van der Waals surface area contributed by atoms with Crippen LogP contribution >= 0.6 is 11.3 Å². The molecule has 9 heteroatoms. The third kappa shape index (κ3) is 4.92. The van der Waals surface area contributed by atoms with E-state index in [2.05, 4.69) is 4.99 Å². The second kappa shape index (κ2) is 10.8. The first-order valence-electron chi connectivity index (χ1n) is 11.8. The molecule has 36 heavy (non-hydrogen) atoms. The van der Waals surface area contributed by atoms with Crippen molar-refractivity contribution in [2.24, 2.45) is 4.99 Å². The van der Waals surface area contributed by atoms with Crippen LogP contribution in [-0.4, -0.2) is 35.5 Å². The maximum Gasteiger partial charge on any atom is 0.338 e. The molecule has 8 nitrogen and oxygen atoms in total. The van der Waals surface area contributed by atoms with Gasteiger partial charge in [-0.2, -0.15) is 0 Å². The summed E-state index contributed by atoms with van der Waals surface area (Å²) in [5, 5.41) is 10.0. The number of thiazole rings is 1. The summed E-state index contributed by atoms with van der Waals surface area (Å²) in [4.78, 5) is 31.7. The van der Waals surface area contributed by atoms with Gasteiger partial charge in [-0.05, 0) is 69.2 Å². The van der Waals surface area contributed by atoms with Gasteiger partial charge in [0.05, 0.1) is 41.7 Å². The summed E-state index contributed by atoms with van der Waals surface area (Å²) in [5.74, 6) is 0.559. The van der Waals surface area contributed by atoms with Crippen LogP contribution < -0.4 is 24.4 Å². The molecule has 1 N–H and O–H groups in total. The lowest BCUT2D eigenvalue weighted by atomic mass is 9.96. The molecule has 2 aromatic carbocycles. The molecule has 1 atom stereocenters. The number of carbonyl (C=O) groups is 1. The fourth-order valence-corrected chi connectivity index (χ4v) is 5.11. The van der Waals surface area contributed by atoms with Gasteiger partial charge in [0.15, 0.2) is 16.3 Å². The number of hydrogen-bond donors (Lipinski definition) is 1. The summed E-state index contributed by atoms with van der Waals surface area (Å²) >= 11 is 1.23. The van der Waals surface area contributed by atoms with E-state index in [9.17, 15) is 14.7 Å². The molecule has 1 unspecified atom stereocenters. The van der Waals surface area contributed by atoms with E-state index in [0.29, 0.717) is 50.9 Å². The number of aromatic hydroxyl groups is 1. The van der Waals surface area contributed by atoms with Gasteiger partial charge in [0.25, 0.3) is 5.56 Å². The number of allylic oxidation sites excluding steroid dienone is 1. The van der Waals surface area contributed by atoms with Crippen molar-refractivity contribution >= 4 is 23.4 Å². The Labute approximate surface area is 212 Å². The molecule has 0 radical (unpaired) electrons. The lowest BCUT2D eigenvalue weighted by molar-refractivity contribution is -0.139. The molecule has 0 saturated heterocycles. The van der Waals surface area contributed by atoms with E-state index in [1.54, 1.807) is 32.1 Å². The van der Waals surface area contributed by atoms with Gasteiger partial charge in [-0.1, -0.05) is 29.5 Å². The van der Waals surface area contributed by atoms with Crippen molar-refractivity contribution in [2.45, 2.75) is 33.7 Å². The SMILES string of the molecule is CCOC(=O)C1=C(C)N=c2s/c(=C\c3ccc(O)c(OCC)c3)c(=O)n2C1c1ccc(OCC)cc1. The Balaban J connectivity index is 1.89. The molecule has 0 aliphatic carbocycles. The van der Waals surface area contributed by atoms with Gasteiger partial charge in [0.1, 0.15) is 5.75 Å². The number of carbonyl (C=O) groups excluding carboxylic acids is 1. The third-order valence-corrected chi connectivity index (χ3v) is 6.59. The maximum atomic E-state index is 13.7. The summed E-state index contributed by atoms with van der Waals surface area (Å²) in [5.41, 5.74) is 1.98. The van der Waals surface area contributed by atoms with Crippen LogP contribution in [0.5, 0.6) is 17.2 Å². The molecule has 1 aliphatic rings. The molecule has 4 rings (SSSR count). The molecule has 0 fully saturated rings. The Bertz CT molecular complexity index is 1480. The van der Waals surface area contributed by atoms with E-state index in [-0.39, 0.29) is 17.9 Å². The molecule has 0 bridgehead atoms. The first-order valence-corrected chi connectivity index (χ1v) is 12.6. The van der Waals surface area contributed by atoms with E-state index in [1.165, 1.54) is 22.0 Å². The monoisotopic (exact) mass is 508 g/mol. The standard InChI is InChI=1S/C27H28N2O6S/c1-5-33-19-11-9-18(10-12-19)24-23(26(32)35-7-3)16(4)28-27-29(24)25(31)22(36-27)15-17-8-13-20(30)21(14-17)34-6-2/h8-15,24,30H,5-7H2,1-4H3/b22-15-. The highest BCUT2D eigenvalue weighted by Crippen LogP contribution is 2.32. The van der Waals surface area contributed by atoms with Gasteiger partial charge >= 0.3 is 5.97 Å². The van der Waals surface area contributed by atoms with Crippen LogP contribution in [0.2, 0.25) is 0 Å². The number of benzene rings is 2. The topological polar surface area (TPSA) is 99.4 Å². The highest BCUT2D eigenvalue weighted by Gasteiger charge is 2.33. The number of aromatic nitrogens is 1. The largest absolute Gasteiger partial charge is 0.504 e. The van der Waals surface area contributed by atoms with E-state index >= 15 is 0 Å². The average Bonchev–Trinajstić information content (AvgIpc) is 3.15. The van der Waals surface area contributed by atoms with Crippen molar-refractivity contribution < 1.29 is 24.1 Å². The number of phenols is 1. The second-order valence-electron chi connectivity index (χ2n) is 7.96. The molecule has 0 amide bonds. The summed E-state index contributed by atoms with van der Waals surface area (Å²) in [6.45, 7) is 8.36. The zero-order valence-electron chi connectivity index (χ0n) is 20.6. The van der Waals surface area contributed by atoms with Gasteiger partial charge in [0.2, 0.25) is 0 Å². The highest BCUT2D eigenvalue weighted by molar-refractivity contribution is 7.07. The molecule has 1 aromatic heterocycles. The Morgan fingerprint density at radius 2 is 1.81 bits per heavy atom. The first-order chi connectivity index (χ1) is 17.4. The summed E-state index contributed by atoms with van der Waals surface area (Å²) in [6, 6.07) is 11.5. The van der Waals surface area contributed by atoms with Crippen LogP contribution in [-0.2, 0) is 9.53 Å². The van der Waals surface area contributed by atoms with Gasteiger partial charge in [-0.25, -0.2) is 9.79 Å². The summed E-state index contributed by atoms with van der Waals surface area (Å²) in [7, 11) is 0. The molecular weight excluding hydrogens is 480 g/mol. The van der Waals surface area contributed by atoms with E-state index in [0.717, 1.165) is 5.56 Å². The predicted octanol–water partition coefficient (Wildman–Crippen LogP) is 3.30. The van der Waals surface area contributed by atoms with Gasteiger partial charge in [0, 0.05) is 0 Å². The number of hydrogen-bond acceptors (Lipinski definition) is 8. The van der Waals surface area contributed by atoms with Gasteiger partial charge < -0.3 is 19.3 Å². The Kier molecular flexibility index (Phi) is 7.59. The smallest absolute Gasteiger partial charge is 0.338 e. The number of ether oxygens (including phenoxy) is 3. The lowest BCUT2D eigenvalue weighted by Crippen LogP contribution is -2.39. The molecule has 188 valence electrons. The zero-order valence-corrected chi connectivity index (χ0v) is 21.4. The average molecular weight is 509 g/mol. The Hall–Kier alpha value is -3.85. The van der Waals surface area contributed by atoms with Crippen LogP contribution in [0.3, 0.4) is 0 Å². The van der Waals surface area contributed by atoms with Crippen molar-refractivity contribution in [3.05, 3.63) is 84.5 Å². The predicted molar refractivity (Wildman–Crippen MR) is 137 cm³/mol. The summed E-state index contributed by atoms with van der Waals surface area (Å²) < 4.78 is 18.3. The fraction of sp³-hybridized carbons (Fsp3) is 0.296. The Morgan fingerprint density at radius 3 is 2.47 bits per heavy atom. The molecule has 0 saturated carbocycles. The van der Waals surface area contributed by atoms with Crippen LogP contribution in [0.4, 0.5) is 0 Å². The number of phenolic OH excluding ortho intramolecular Hbond substituents is 1. The minimum absolute atomic E-state index is 0.0284. The van der Waals surface area contributed by atoms with Crippen LogP contribution in [0.15, 0.2) is 63.5 Å². The van der Waals surface area contributed by atoms with E-state index in [4.69, 9.17) is 14.2 Å². The quantitative estimate of drug-likeness (QED) is 0.469. The fourth-order valence-electron chi connectivity index (χ4n) is 4.06. The highest BCUT2D eigenvalue weighted by atomic mass is 32.1. The van der Waals surface area contributed by atoms with Crippen molar-refractivity contribution in [2.75, 3.05) is 19.8 Å². The van der Waals surface area contributed by atoms with Gasteiger partial charge in [-0.3, -0.25) is 9.36 Å². The normalized spacial score (nSPS) is 15.3. The van der Waals surface area contributed by atoms with Crippen LogP contribution in [0.25, 0.3) is 6.08 Å². The third-order valence-electron chi connectivity index (χ3n) is 5.61. The minimum atomic E-state index is -0.697. The Morgan fingerprint density at radius 1 is 1.08 bits per heavy atom. The molecule has 1 aliphatic heterocycles. The second-order valence-corrected chi connectivity index (χ2v) is 8.97. The number of fused-ring (bicyclic) bond motifs is 1.